The largest absolute Gasteiger partial charge is 0.399 e. The first-order chi connectivity index (χ1) is 6.98. The molecule has 0 atom stereocenters. The van der Waals surface area contributed by atoms with E-state index in [0.717, 1.165) is 12.2 Å². The number of nitrogens with two attached hydrogens (primary N) is 1. The van der Waals surface area contributed by atoms with Crippen molar-refractivity contribution in [3.8, 4) is 0 Å². The van der Waals surface area contributed by atoms with E-state index < -0.39 is 0 Å². The van der Waals surface area contributed by atoms with Gasteiger partial charge in [0.1, 0.15) is 6.54 Å². The first kappa shape index (κ1) is 10.2. The number of rotatable bonds is 1. The lowest BCUT2D eigenvalue weighted by Gasteiger charge is -2.15. The van der Waals surface area contributed by atoms with Crippen molar-refractivity contribution in [2.45, 2.75) is 33.1 Å². The van der Waals surface area contributed by atoms with Gasteiger partial charge in [-0.15, -0.1) is 0 Å². The lowest BCUT2D eigenvalue weighted by atomic mass is 9.82. The minimum atomic E-state index is 0.112. The summed E-state index contributed by atoms with van der Waals surface area (Å²) in [5, 5.41) is 0. The van der Waals surface area contributed by atoms with Crippen molar-refractivity contribution in [3.63, 3.8) is 0 Å². The quantitative estimate of drug-likeness (QED) is 0.552. The molecule has 2 rings (SSSR count). The fourth-order valence-corrected chi connectivity index (χ4v) is 2.41. The Labute approximate surface area is 91.4 Å². The van der Waals surface area contributed by atoms with Crippen LogP contribution < -0.4 is 5.73 Å². The van der Waals surface area contributed by atoms with Gasteiger partial charge >= 0.3 is 0 Å². The highest BCUT2D eigenvalue weighted by atomic mass is 15.0. The highest BCUT2D eigenvalue weighted by molar-refractivity contribution is 5.93. The van der Waals surface area contributed by atoms with Gasteiger partial charge < -0.3 is 5.73 Å². The van der Waals surface area contributed by atoms with Crippen LogP contribution in [-0.2, 0) is 5.41 Å². The van der Waals surface area contributed by atoms with E-state index in [1.54, 1.807) is 0 Å². The predicted molar refractivity (Wildman–Crippen MR) is 65.0 cm³/mol. The van der Waals surface area contributed by atoms with Crippen LogP contribution in [0.25, 0.3) is 0 Å². The second kappa shape index (κ2) is 3.09. The van der Waals surface area contributed by atoms with E-state index in [-0.39, 0.29) is 5.41 Å². The van der Waals surface area contributed by atoms with Gasteiger partial charge in [0.25, 0.3) is 0 Å². The zero-order valence-electron chi connectivity index (χ0n) is 9.96. The summed E-state index contributed by atoms with van der Waals surface area (Å²) in [5.41, 5.74) is 10.9. The molecule has 1 aromatic rings. The number of fused-ring (bicyclic) bond motifs is 1. The van der Waals surface area contributed by atoms with Gasteiger partial charge in [-0.2, -0.15) is 4.58 Å². The molecule has 15 heavy (non-hydrogen) atoms. The number of benzene rings is 1. The Balaban J connectivity index is 2.70. The Morgan fingerprint density at radius 3 is 2.60 bits per heavy atom. The Kier molecular flexibility index (Phi) is 2.10. The maximum atomic E-state index is 5.86. The van der Waals surface area contributed by atoms with Gasteiger partial charge in [-0.1, -0.05) is 0 Å². The molecule has 1 heterocycles. The number of hydrogen-bond donors (Lipinski definition) is 1. The zero-order chi connectivity index (χ0) is 11.2. The maximum absolute atomic E-state index is 5.86. The van der Waals surface area contributed by atoms with Crippen molar-refractivity contribution in [2.24, 2.45) is 0 Å². The first-order valence-corrected chi connectivity index (χ1v) is 5.50. The van der Waals surface area contributed by atoms with Crippen LogP contribution in [0.15, 0.2) is 18.2 Å². The molecule has 0 saturated carbocycles. The van der Waals surface area contributed by atoms with E-state index in [1.807, 2.05) is 6.07 Å². The fraction of sp³-hybridized carbons (Fsp3) is 0.462. The number of anilines is 1. The van der Waals surface area contributed by atoms with Crippen molar-refractivity contribution >= 4 is 17.1 Å². The summed E-state index contributed by atoms with van der Waals surface area (Å²) < 4.78 is 2.37. The van der Waals surface area contributed by atoms with Gasteiger partial charge in [-0.3, -0.25) is 0 Å². The number of hydrogen-bond acceptors (Lipinski definition) is 1. The van der Waals surface area contributed by atoms with Crippen LogP contribution in [0.3, 0.4) is 0 Å². The van der Waals surface area contributed by atoms with Crippen LogP contribution in [0.5, 0.6) is 0 Å². The van der Waals surface area contributed by atoms with Crippen LogP contribution in [0.2, 0.25) is 0 Å². The molecule has 1 aromatic carbocycles. The third-order valence-electron chi connectivity index (χ3n) is 3.61. The minimum absolute atomic E-state index is 0.112. The van der Waals surface area contributed by atoms with Crippen LogP contribution in [0.1, 0.15) is 33.3 Å². The topological polar surface area (TPSA) is 29.0 Å². The van der Waals surface area contributed by atoms with Gasteiger partial charge in [-0.25, -0.2) is 0 Å². The molecule has 0 saturated heterocycles. The lowest BCUT2D eigenvalue weighted by molar-refractivity contribution is -0.434. The average molecular weight is 203 g/mol. The molecule has 0 aliphatic carbocycles. The van der Waals surface area contributed by atoms with E-state index in [0.29, 0.717) is 0 Å². The van der Waals surface area contributed by atoms with Crippen LogP contribution in [0, 0.1) is 0 Å². The zero-order valence-corrected chi connectivity index (χ0v) is 9.96. The summed E-state index contributed by atoms with van der Waals surface area (Å²) in [4.78, 5) is 0. The molecule has 0 aromatic heterocycles. The van der Waals surface area contributed by atoms with Crippen LogP contribution in [0.4, 0.5) is 11.4 Å². The summed E-state index contributed by atoms with van der Waals surface area (Å²) in [7, 11) is 0. The Morgan fingerprint density at radius 1 is 1.33 bits per heavy atom. The van der Waals surface area contributed by atoms with E-state index in [1.165, 1.54) is 17.0 Å². The third kappa shape index (κ3) is 1.28. The van der Waals surface area contributed by atoms with Gasteiger partial charge in [-0.05, 0) is 32.9 Å². The second-order valence-corrected chi connectivity index (χ2v) is 4.73. The highest BCUT2D eigenvalue weighted by Gasteiger charge is 2.42. The number of nitrogen functional groups attached to an aromatic ring is 1. The van der Waals surface area contributed by atoms with Crippen LogP contribution >= 0.6 is 0 Å². The molecule has 0 unspecified atom stereocenters. The van der Waals surface area contributed by atoms with Gasteiger partial charge in [0.2, 0.25) is 5.69 Å². The SMILES string of the molecule is CC[N+]1=C(C)C(C)(C)c2cc(N)ccc21. The monoisotopic (exact) mass is 203 g/mol. The molecule has 0 radical (unpaired) electrons. The lowest BCUT2D eigenvalue weighted by Crippen LogP contribution is -2.26. The van der Waals surface area contributed by atoms with E-state index in [9.17, 15) is 0 Å². The second-order valence-electron chi connectivity index (χ2n) is 4.73. The summed E-state index contributed by atoms with van der Waals surface area (Å²) in [6, 6.07) is 6.22. The molecular formula is C13H19N2+. The van der Waals surface area contributed by atoms with E-state index in [2.05, 4.69) is 44.4 Å². The smallest absolute Gasteiger partial charge is 0.209 e. The maximum Gasteiger partial charge on any atom is 0.209 e. The van der Waals surface area contributed by atoms with Crippen molar-refractivity contribution in [1.82, 2.24) is 0 Å². The first-order valence-electron chi connectivity index (χ1n) is 5.50. The molecular weight excluding hydrogens is 184 g/mol. The Hall–Kier alpha value is -1.31. The molecule has 2 N–H and O–H groups in total. The van der Waals surface area contributed by atoms with Crippen molar-refractivity contribution in [2.75, 3.05) is 12.3 Å². The van der Waals surface area contributed by atoms with Crippen LogP contribution in [-0.4, -0.2) is 16.8 Å². The molecule has 2 heteroatoms. The van der Waals surface area contributed by atoms with E-state index >= 15 is 0 Å². The molecule has 80 valence electrons. The summed E-state index contributed by atoms with van der Waals surface area (Å²) in [6.45, 7) is 9.93. The Bertz CT molecular complexity index is 442. The van der Waals surface area contributed by atoms with Gasteiger partial charge in [0.05, 0.1) is 5.41 Å². The summed E-state index contributed by atoms with van der Waals surface area (Å²) in [5.74, 6) is 0. The highest BCUT2D eigenvalue weighted by Crippen LogP contribution is 2.40. The van der Waals surface area contributed by atoms with E-state index in [4.69, 9.17) is 5.73 Å². The third-order valence-corrected chi connectivity index (χ3v) is 3.61. The standard InChI is InChI=1S/C13H19N2/c1-5-15-9(2)13(3,4)11-8-10(14)6-7-12(11)15/h6-8H,5,14H2,1-4H3/q+1. The molecule has 1 aliphatic rings. The molecule has 0 amide bonds. The molecule has 0 spiro atoms. The predicted octanol–water partition coefficient (Wildman–Crippen LogP) is 2.68. The minimum Gasteiger partial charge on any atom is -0.399 e. The van der Waals surface area contributed by atoms with Crippen molar-refractivity contribution in [3.05, 3.63) is 23.8 Å². The van der Waals surface area contributed by atoms with Gasteiger partial charge in [0.15, 0.2) is 5.71 Å². The average Bonchev–Trinajstić information content (AvgIpc) is 2.37. The summed E-state index contributed by atoms with van der Waals surface area (Å²) >= 11 is 0. The van der Waals surface area contributed by atoms with Crippen molar-refractivity contribution < 1.29 is 4.58 Å². The molecule has 0 bridgehead atoms. The normalized spacial score (nSPS) is 18.1. The number of nitrogens with zero attached hydrogens (tertiary/aromatic N) is 1. The fourth-order valence-electron chi connectivity index (χ4n) is 2.41. The molecule has 2 nitrogen and oxygen atoms in total. The Morgan fingerprint density at radius 2 is 2.00 bits per heavy atom. The molecule has 1 aliphatic heterocycles. The van der Waals surface area contributed by atoms with Crippen molar-refractivity contribution in [1.29, 1.82) is 0 Å². The molecule has 0 fully saturated rings. The summed E-state index contributed by atoms with van der Waals surface area (Å²) in [6.07, 6.45) is 0. The van der Waals surface area contributed by atoms with Gasteiger partial charge in [0, 0.05) is 24.2 Å².